The lowest BCUT2D eigenvalue weighted by Crippen LogP contribution is -2.20. The molecule has 8 nitrogen and oxygen atoms in total. The summed E-state index contributed by atoms with van der Waals surface area (Å²) in [7, 11) is -12.3. The number of benzene rings is 3. The molecule has 0 aliphatic rings. The van der Waals surface area contributed by atoms with Gasteiger partial charge in [-0.3, -0.25) is 0 Å². The average Bonchev–Trinajstić information content (AvgIpc) is 3.25. The fourth-order valence-corrected chi connectivity index (χ4v) is 7.54. The molecule has 3 aromatic carbocycles. The third-order valence-corrected chi connectivity index (χ3v) is 9.98. The third-order valence-electron chi connectivity index (χ3n) is 5.17. The van der Waals surface area contributed by atoms with Crippen LogP contribution in [0.15, 0.2) is 106 Å². The van der Waals surface area contributed by atoms with Crippen LogP contribution in [0.1, 0.15) is 5.56 Å². The number of hydrogen-bond donors (Lipinski definition) is 1. The number of sulfone groups is 1. The zero-order valence-electron chi connectivity index (χ0n) is 18.0. The monoisotopic (exact) mass is 550 g/mol. The SMILES string of the molecule is C=CS(=O)(=O)NCc1ccc(S(=O)(=O)c2cc3ccccc3n2S(=O)(=O)c2cccc(Cl)c2)cc1. The number of hydrogen-bond acceptors (Lipinski definition) is 6. The van der Waals surface area contributed by atoms with Gasteiger partial charge >= 0.3 is 0 Å². The molecule has 12 heteroatoms. The fourth-order valence-electron chi connectivity index (χ4n) is 3.42. The number of rotatable bonds is 8. The van der Waals surface area contributed by atoms with Gasteiger partial charge in [-0.15, -0.1) is 0 Å². The van der Waals surface area contributed by atoms with Gasteiger partial charge in [0.05, 0.1) is 15.3 Å². The second-order valence-corrected chi connectivity index (χ2v) is 13.3. The van der Waals surface area contributed by atoms with E-state index < -0.39 is 34.9 Å². The molecule has 35 heavy (non-hydrogen) atoms. The lowest BCUT2D eigenvalue weighted by Gasteiger charge is -2.13. The molecule has 0 amide bonds. The Morgan fingerprint density at radius 2 is 1.51 bits per heavy atom. The van der Waals surface area contributed by atoms with E-state index in [1.54, 1.807) is 18.2 Å². The maximum absolute atomic E-state index is 13.6. The zero-order valence-corrected chi connectivity index (χ0v) is 21.2. The summed E-state index contributed by atoms with van der Waals surface area (Å²) in [6, 6.07) is 18.8. The quantitative estimate of drug-likeness (QED) is 0.355. The van der Waals surface area contributed by atoms with Gasteiger partial charge in [-0.1, -0.05) is 54.6 Å². The minimum Gasteiger partial charge on any atom is -0.222 e. The largest absolute Gasteiger partial charge is 0.269 e. The number of para-hydroxylation sites is 1. The Kier molecular flexibility index (Phi) is 6.64. The van der Waals surface area contributed by atoms with Crippen LogP contribution in [0.5, 0.6) is 0 Å². The van der Waals surface area contributed by atoms with Crippen molar-refractivity contribution in [2.24, 2.45) is 0 Å². The Balaban J connectivity index is 1.84. The maximum atomic E-state index is 13.6. The van der Waals surface area contributed by atoms with Crippen LogP contribution in [0.3, 0.4) is 0 Å². The van der Waals surface area contributed by atoms with Crippen LogP contribution in [0, 0.1) is 0 Å². The van der Waals surface area contributed by atoms with Gasteiger partial charge < -0.3 is 0 Å². The molecule has 0 unspecified atom stereocenters. The Morgan fingerprint density at radius 3 is 2.17 bits per heavy atom. The zero-order chi connectivity index (χ0) is 25.4. The summed E-state index contributed by atoms with van der Waals surface area (Å²) in [5.74, 6) is 0. The Hall–Kier alpha value is -2.96. The van der Waals surface area contributed by atoms with Crippen LogP contribution in [-0.2, 0) is 36.4 Å². The van der Waals surface area contributed by atoms with E-state index in [1.807, 2.05) is 0 Å². The fraction of sp³-hybridized carbons (Fsp3) is 0.0435. The van der Waals surface area contributed by atoms with Crippen molar-refractivity contribution < 1.29 is 25.3 Å². The molecule has 0 spiro atoms. The van der Waals surface area contributed by atoms with Gasteiger partial charge in [0.15, 0.2) is 5.03 Å². The lowest BCUT2D eigenvalue weighted by molar-refractivity contribution is 0.574. The first-order chi connectivity index (χ1) is 16.5. The van der Waals surface area contributed by atoms with E-state index in [4.69, 9.17) is 11.6 Å². The van der Waals surface area contributed by atoms with Crippen LogP contribution in [-0.4, -0.2) is 29.2 Å². The minimum atomic E-state index is -4.34. The van der Waals surface area contributed by atoms with Gasteiger partial charge in [0.25, 0.3) is 10.0 Å². The number of sulfonamides is 1. The molecule has 4 rings (SSSR count). The number of halogens is 1. The average molecular weight is 551 g/mol. The van der Waals surface area contributed by atoms with E-state index in [0.29, 0.717) is 10.9 Å². The van der Waals surface area contributed by atoms with Crippen molar-refractivity contribution in [1.82, 2.24) is 8.69 Å². The standard InChI is InChI=1S/C23H19ClN2O6S3/c1-2-33(27,28)25-16-17-10-12-20(13-11-17)34(29,30)23-14-18-6-3-4-9-22(18)26(23)35(31,32)21-8-5-7-19(24)15-21/h2-15,25H,1,16H2. The van der Waals surface area contributed by atoms with E-state index >= 15 is 0 Å². The summed E-state index contributed by atoms with van der Waals surface area (Å²) < 4.78 is 80.6. The third kappa shape index (κ3) is 4.91. The summed E-state index contributed by atoms with van der Waals surface area (Å²) >= 11 is 5.99. The maximum Gasteiger partial charge on any atom is 0.269 e. The molecule has 0 fully saturated rings. The van der Waals surface area contributed by atoms with Crippen molar-refractivity contribution in [3.63, 3.8) is 0 Å². The second kappa shape index (κ2) is 9.25. The summed E-state index contributed by atoms with van der Waals surface area (Å²) in [4.78, 5) is -0.314. The smallest absolute Gasteiger partial charge is 0.222 e. The van der Waals surface area contributed by atoms with Crippen LogP contribution >= 0.6 is 11.6 Å². The van der Waals surface area contributed by atoms with Gasteiger partial charge in [0.2, 0.25) is 19.9 Å². The summed E-state index contributed by atoms with van der Waals surface area (Å²) in [5, 5.41) is 0.950. The summed E-state index contributed by atoms with van der Waals surface area (Å²) in [6.45, 7) is 3.14. The molecule has 0 atom stereocenters. The van der Waals surface area contributed by atoms with Crippen LogP contribution in [0.4, 0.5) is 0 Å². The Bertz CT molecular complexity index is 1760. The van der Waals surface area contributed by atoms with Crippen molar-refractivity contribution >= 4 is 52.4 Å². The summed E-state index contributed by atoms with van der Waals surface area (Å²) in [6.07, 6.45) is 0. The highest BCUT2D eigenvalue weighted by Gasteiger charge is 2.31. The summed E-state index contributed by atoms with van der Waals surface area (Å²) in [5.41, 5.74) is 0.697. The number of aromatic nitrogens is 1. The van der Waals surface area contributed by atoms with Gasteiger partial charge in [-0.25, -0.2) is 33.9 Å². The molecular formula is C23H19ClN2O6S3. The van der Waals surface area contributed by atoms with Crippen molar-refractivity contribution in [2.75, 3.05) is 0 Å². The Morgan fingerprint density at radius 1 is 0.829 bits per heavy atom. The molecule has 4 aromatic rings. The molecule has 0 saturated heterocycles. The van der Waals surface area contributed by atoms with Crippen LogP contribution in [0.2, 0.25) is 5.02 Å². The van der Waals surface area contributed by atoms with Crippen LogP contribution < -0.4 is 4.72 Å². The number of nitrogens with one attached hydrogen (secondary N) is 1. The van der Waals surface area contributed by atoms with E-state index in [-0.39, 0.29) is 26.9 Å². The highest BCUT2D eigenvalue weighted by atomic mass is 35.5. The van der Waals surface area contributed by atoms with Crippen molar-refractivity contribution in [3.8, 4) is 0 Å². The molecule has 1 N–H and O–H groups in total. The molecule has 0 aliphatic heterocycles. The molecular weight excluding hydrogens is 532 g/mol. The topological polar surface area (TPSA) is 119 Å². The van der Waals surface area contributed by atoms with Gasteiger partial charge in [-0.2, -0.15) is 0 Å². The predicted molar refractivity (Wildman–Crippen MR) is 134 cm³/mol. The molecule has 0 bridgehead atoms. The van der Waals surface area contributed by atoms with Gasteiger partial charge in [0.1, 0.15) is 0 Å². The van der Waals surface area contributed by atoms with Crippen molar-refractivity contribution in [3.05, 3.63) is 101 Å². The first-order valence-corrected chi connectivity index (χ1v) is 14.9. The molecule has 0 radical (unpaired) electrons. The van der Waals surface area contributed by atoms with Crippen LogP contribution in [0.25, 0.3) is 10.9 Å². The normalized spacial score (nSPS) is 12.6. The molecule has 0 saturated carbocycles. The molecule has 182 valence electrons. The lowest BCUT2D eigenvalue weighted by atomic mass is 10.2. The second-order valence-electron chi connectivity index (χ2n) is 7.45. The minimum absolute atomic E-state index is 0.0713. The van der Waals surface area contributed by atoms with Gasteiger partial charge in [-0.05, 0) is 48.0 Å². The van der Waals surface area contributed by atoms with E-state index in [0.717, 1.165) is 9.38 Å². The molecule has 1 aromatic heterocycles. The Labute approximate surface area is 208 Å². The first-order valence-electron chi connectivity index (χ1n) is 10.0. The van der Waals surface area contributed by atoms with E-state index in [1.165, 1.54) is 60.7 Å². The van der Waals surface area contributed by atoms with Crippen molar-refractivity contribution in [2.45, 2.75) is 21.4 Å². The van der Waals surface area contributed by atoms with E-state index in [9.17, 15) is 25.3 Å². The highest BCUT2D eigenvalue weighted by molar-refractivity contribution is 7.94. The number of nitrogens with zero attached hydrogens (tertiary/aromatic N) is 1. The van der Waals surface area contributed by atoms with Crippen molar-refractivity contribution in [1.29, 1.82) is 0 Å². The van der Waals surface area contributed by atoms with Gasteiger partial charge in [0, 0.05) is 22.4 Å². The molecule has 1 heterocycles. The molecule has 0 aliphatic carbocycles. The predicted octanol–water partition coefficient (Wildman–Crippen LogP) is 3.93. The first kappa shape index (κ1) is 25.1. The number of fused-ring (bicyclic) bond motifs is 1. The highest BCUT2D eigenvalue weighted by Crippen LogP contribution is 2.32. The van der Waals surface area contributed by atoms with E-state index in [2.05, 4.69) is 11.3 Å².